The normalized spacial score (nSPS) is 28.1. The lowest BCUT2D eigenvalue weighted by Gasteiger charge is -2.41. The van der Waals surface area contributed by atoms with E-state index >= 15 is 0 Å². The van der Waals surface area contributed by atoms with Crippen LogP contribution in [0.4, 0.5) is 0 Å². The molecule has 21 heavy (non-hydrogen) atoms. The van der Waals surface area contributed by atoms with Gasteiger partial charge in [0.1, 0.15) is 0 Å². The van der Waals surface area contributed by atoms with Gasteiger partial charge in [-0.1, -0.05) is 52.0 Å². The van der Waals surface area contributed by atoms with Crippen LogP contribution in [0.3, 0.4) is 0 Å². The lowest BCUT2D eigenvalue weighted by molar-refractivity contribution is 0.192. The van der Waals surface area contributed by atoms with Crippen molar-refractivity contribution in [3.8, 4) is 0 Å². The van der Waals surface area contributed by atoms with E-state index in [4.69, 9.17) is 0 Å². The number of rotatable bonds is 2. The second kappa shape index (κ2) is 5.43. The highest BCUT2D eigenvalue weighted by Crippen LogP contribution is 2.42. The molecular weight excluding hydrogens is 254 g/mol. The van der Waals surface area contributed by atoms with Crippen LogP contribution in [0.15, 0.2) is 24.3 Å². The zero-order chi connectivity index (χ0) is 15.1. The lowest BCUT2D eigenvalue weighted by Crippen LogP contribution is -2.40. The number of benzene rings is 1. The van der Waals surface area contributed by atoms with E-state index in [1.807, 2.05) is 0 Å². The van der Waals surface area contributed by atoms with Gasteiger partial charge in [0.2, 0.25) is 0 Å². The Hall–Kier alpha value is -0.820. The first-order chi connectivity index (χ1) is 9.87. The van der Waals surface area contributed by atoms with E-state index in [-0.39, 0.29) is 0 Å². The summed E-state index contributed by atoms with van der Waals surface area (Å²) in [6.07, 6.45) is 7.99. The molecule has 1 heteroatoms. The monoisotopic (exact) mass is 285 g/mol. The molecule has 0 radical (unpaired) electrons. The summed E-state index contributed by atoms with van der Waals surface area (Å²) in [4.78, 5) is 0. The van der Waals surface area contributed by atoms with Crippen LogP contribution in [0.1, 0.15) is 83.4 Å². The van der Waals surface area contributed by atoms with Gasteiger partial charge in [-0.2, -0.15) is 0 Å². The third-order valence-electron chi connectivity index (χ3n) is 5.90. The van der Waals surface area contributed by atoms with Crippen LogP contribution in [0, 0.1) is 5.41 Å². The van der Waals surface area contributed by atoms with Crippen molar-refractivity contribution in [2.24, 2.45) is 5.41 Å². The first kappa shape index (κ1) is 15.1. The van der Waals surface area contributed by atoms with Crippen molar-refractivity contribution < 1.29 is 0 Å². The van der Waals surface area contributed by atoms with E-state index in [0.717, 1.165) is 6.04 Å². The molecule has 1 aromatic rings. The van der Waals surface area contributed by atoms with Gasteiger partial charge in [0.15, 0.2) is 0 Å². The Bertz CT molecular complexity index is 490. The molecular formula is C20H31N. The summed E-state index contributed by atoms with van der Waals surface area (Å²) in [6, 6.07) is 10.4. The van der Waals surface area contributed by atoms with Crippen molar-refractivity contribution in [1.29, 1.82) is 0 Å². The average Bonchev–Trinajstić information content (AvgIpc) is 2.44. The topological polar surface area (TPSA) is 12.0 Å². The Morgan fingerprint density at radius 2 is 1.57 bits per heavy atom. The molecule has 2 aliphatic carbocycles. The first-order valence-corrected chi connectivity index (χ1v) is 8.73. The van der Waals surface area contributed by atoms with Crippen molar-refractivity contribution >= 4 is 0 Å². The summed E-state index contributed by atoms with van der Waals surface area (Å²) < 4.78 is 0. The van der Waals surface area contributed by atoms with Gasteiger partial charge in [-0.25, -0.2) is 0 Å². The smallest absolute Gasteiger partial charge is 0.0325 e. The Kier molecular flexibility index (Phi) is 3.90. The minimum absolute atomic E-state index is 0.337. The van der Waals surface area contributed by atoms with Crippen molar-refractivity contribution in [1.82, 2.24) is 5.32 Å². The maximum absolute atomic E-state index is 3.99. The molecule has 116 valence electrons. The van der Waals surface area contributed by atoms with Crippen LogP contribution in [0.5, 0.6) is 0 Å². The third kappa shape index (κ3) is 3.18. The molecule has 3 rings (SSSR count). The number of fused-ring (bicyclic) bond motifs is 1. The first-order valence-electron chi connectivity index (χ1n) is 8.73. The van der Waals surface area contributed by atoms with Crippen LogP contribution in [-0.2, 0) is 5.41 Å². The van der Waals surface area contributed by atoms with Gasteiger partial charge in [0.25, 0.3) is 0 Å². The van der Waals surface area contributed by atoms with Crippen molar-refractivity contribution in [3.05, 3.63) is 35.4 Å². The molecule has 1 unspecified atom stereocenters. The Labute approximate surface area is 130 Å². The average molecular weight is 285 g/mol. The molecule has 0 saturated heterocycles. The van der Waals surface area contributed by atoms with E-state index in [2.05, 4.69) is 57.3 Å². The SMILES string of the molecule is CC1(C)CCC(NC2CCC(C)(C)c3ccccc32)CC1. The van der Waals surface area contributed by atoms with E-state index in [1.54, 1.807) is 11.1 Å². The molecule has 1 fully saturated rings. The standard InChI is InChI=1S/C20H31N/c1-19(2)12-9-15(10-13-19)21-18-11-14-20(3,4)17-8-6-5-7-16(17)18/h5-8,15,18,21H,9-14H2,1-4H3. The van der Waals surface area contributed by atoms with E-state index in [1.165, 1.54) is 38.5 Å². The zero-order valence-electron chi connectivity index (χ0n) is 14.2. The minimum Gasteiger partial charge on any atom is -0.307 e. The molecule has 1 saturated carbocycles. The molecule has 1 nitrogen and oxygen atoms in total. The summed E-state index contributed by atoms with van der Waals surface area (Å²) in [5.41, 5.74) is 4.01. The second-order valence-corrected chi connectivity index (χ2v) is 8.67. The number of nitrogens with one attached hydrogen (secondary N) is 1. The molecule has 1 aromatic carbocycles. The van der Waals surface area contributed by atoms with Crippen LogP contribution in [0.25, 0.3) is 0 Å². The van der Waals surface area contributed by atoms with Crippen molar-refractivity contribution in [3.63, 3.8) is 0 Å². The van der Waals surface area contributed by atoms with Gasteiger partial charge in [-0.15, -0.1) is 0 Å². The molecule has 1 atom stereocenters. The molecule has 0 heterocycles. The van der Waals surface area contributed by atoms with Crippen LogP contribution in [-0.4, -0.2) is 6.04 Å². The van der Waals surface area contributed by atoms with Gasteiger partial charge < -0.3 is 5.32 Å². The lowest BCUT2D eigenvalue weighted by atomic mass is 9.70. The molecule has 0 amide bonds. The molecule has 1 N–H and O–H groups in total. The highest BCUT2D eigenvalue weighted by molar-refractivity contribution is 5.38. The van der Waals surface area contributed by atoms with Gasteiger partial charge in [0, 0.05) is 12.1 Å². The van der Waals surface area contributed by atoms with Crippen LogP contribution in [0.2, 0.25) is 0 Å². The molecule has 0 spiro atoms. The Morgan fingerprint density at radius 1 is 0.905 bits per heavy atom. The molecule has 0 aliphatic heterocycles. The van der Waals surface area contributed by atoms with Crippen molar-refractivity contribution in [2.75, 3.05) is 0 Å². The van der Waals surface area contributed by atoms with E-state index in [0.29, 0.717) is 16.9 Å². The highest BCUT2D eigenvalue weighted by atomic mass is 15.0. The summed E-state index contributed by atoms with van der Waals surface area (Å²) in [5.74, 6) is 0. The van der Waals surface area contributed by atoms with E-state index < -0.39 is 0 Å². The van der Waals surface area contributed by atoms with Crippen molar-refractivity contribution in [2.45, 2.75) is 83.7 Å². The summed E-state index contributed by atoms with van der Waals surface area (Å²) in [6.45, 7) is 9.62. The summed E-state index contributed by atoms with van der Waals surface area (Å²) in [5, 5.41) is 3.99. The highest BCUT2D eigenvalue weighted by Gasteiger charge is 2.34. The molecule has 0 aromatic heterocycles. The van der Waals surface area contributed by atoms with Gasteiger partial charge in [0.05, 0.1) is 0 Å². The predicted octanol–water partition coefficient (Wildman–Crippen LogP) is 5.36. The fourth-order valence-corrected chi connectivity index (χ4v) is 4.24. The fraction of sp³-hybridized carbons (Fsp3) is 0.700. The molecule has 2 aliphatic rings. The summed E-state index contributed by atoms with van der Waals surface area (Å²) in [7, 11) is 0. The van der Waals surface area contributed by atoms with E-state index in [9.17, 15) is 0 Å². The van der Waals surface area contributed by atoms with Gasteiger partial charge >= 0.3 is 0 Å². The second-order valence-electron chi connectivity index (χ2n) is 8.67. The predicted molar refractivity (Wildman–Crippen MR) is 90.6 cm³/mol. The Balaban J connectivity index is 1.73. The quantitative estimate of drug-likeness (QED) is 0.771. The van der Waals surface area contributed by atoms with Crippen LogP contribution >= 0.6 is 0 Å². The Morgan fingerprint density at radius 3 is 2.29 bits per heavy atom. The summed E-state index contributed by atoms with van der Waals surface area (Å²) >= 11 is 0. The minimum atomic E-state index is 0.337. The third-order valence-corrected chi connectivity index (χ3v) is 5.90. The maximum Gasteiger partial charge on any atom is 0.0325 e. The zero-order valence-corrected chi connectivity index (χ0v) is 14.2. The molecule has 0 bridgehead atoms. The fourth-order valence-electron chi connectivity index (χ4n) is 4.24. The van der Waals surface area contributed by atoms with Gasteiger partial charge in [-0.05, 0) is 60.5 Å². The largest absolute Gasteiger partial charge is 0.307 e. The van der Waals surface area contributed by atoms with Crippen LogP contribution < -0.4 is 5.32 Å². The number of hydrogen-bond acceptors (Lipinski definition) is 1. The number of hydrogen-bond donors (Lipinski definition) is 1. The van der Waals surface area contributed by atoms with Gasteiger partial charge in [-0.3, -0.25) is 0 Å². The maximum atomic E-state index is 3.99.